The van der Waals surface area contributed by atoms with Crippen molar-refractivity contribution in [3.63, 3.8) is 0 Å². The van der Waals surface area contributed by atoms with E-state index in [-0.39, 0.29) is 23.9 Å². The van der Waals surface area contributed by atoms with Gasteiger partial charge in [0.05, 0.1) is 12.1 Å². The standard InChI is InChI=1S/C14H24N2O3/c1-5-10-12(17)15-11(9-6-7-9)13(18)16(10)14(2,3)8-19-4/h9-11H,5-8H2,1-4H3,(H,15,17). The normalized spacial score (nSPS) is 28.5. The molecule has 2 rings (SSSR count). The molecule has 1 N–H and O–H groups in total. The van der Waals surface area contributed by atoms with Gasteiger partial charge in [-0.15, -0.1) is 0 Å². The minimum absolute atomic E-state index is 0.0248. The second kappa shape index (κ2) is 5.12. The molecule has 108 valence electrons. The predicted octanol–water partition coefficient (Wildman–Crippen LogP) is 0.927. The summed E-state index contributed by atoms with van der Waals surface area (Å²) >= 11 is 0. The van der Waals surface area contributed by atoms with Gasteiger partial charge in [-0.25, -0.2) is 0 Å². The Bertz CT molecular complexity index is 377. The lowest BCUT2D eigenvalue weighted by Crippen LogP contribution is -2.69. The summed E-state index contributed by atoms with van der Waals surface area (Å²) in [5.41, 5.74) is -0.461. The van der Waals surface area contributed by atoms with Gasteiger partial charge in [0.1, 0.15) is 12.1 Å². The molecule has 0 bridgehead atoms. The summed E-state index contributed by atoms with van der Waals surface area (Å²) in [5, 5.41) is 2.90. The van der Waals surface area contributed by atoms with E-state index < -0.39 is 5.54 Å². The molecule has 1 saturated carbocycles. The zero-order chi connectivity index (χ0) is 14.2. The van der Waals surface area contributed by atoms with Crippen LogP contribution < -0.4 is 5.32 Å². The molecule has 2 unspecified atom stereocenters. The van der Waals surface area contributed by atoms with Gasteiger partial charge >= 0.3 is 0 Å². The number of amides is 2. The van der Waals surface area contributed by atoms with Gasteiger partial charge in [-0.05, 0) is 39.0 Å². The van der Waals surface area contributed by atoms with Gasteiger partial charge in [-0.1, -0.05) is 6.92 Å². The summed E-state index contributed by atoms with van der Waals surface area (Å²) in [4.78, 5) is 26.7. The van der Waals surface area contributed by atoms with Crippen molar-refractivity contribution in [1.29, 1.82) is 0 Å². The Morgan fingerprint density at radius 3 is 2.47 bits per heavy atom. The van der Waals surface area contributed by atoms with Crippen molar-refractivity contribution in [1.82, 2.24) is 10.2 Å². The van der Waals surface area contributed by atoms with E-state index in [1.165, 1.54) is 0 Å². The van der Waals surface area contributed by atoms with Crippen molar-refractivity contribution >= 4 is 11.8 Å². The van der Waals surface area contributed by atoms with Crippen molar-refractivity contribution < 1.29 is 14.3 Å². The second-order valence-corrected chi connectivity index (χ2v) is 6.20. The predicted molar refractivity (Wildman–Crippen MR) is 71.5 cm³/mol. The molecule has 0 radical (unpaired) electrons. The minimum Gasteiger partial charge on any atom is -0.382 e. The van der Waals surface area contributed by atoms with Crippen LogP contribution in [0.4, 0.5) is 0 Å². The van der Waals surface area contributed by atoms with Gasteiger partial charge in [-0.3, -0.25) is 9.59 Å². The van der Waals surface area contributed by atoms with Crippen LogP contribution in [0.5, 0.6) is 0 Å². The van der Waals surface area contributed by atoms with Crippen molar-refractivity contribution in [2.24, 2.45) is 5.92 Å². The molecule has 0 aromatic rings. The van der Waals surface area contributed by atoms with Crippen molar-refractivity contribution in [2.45, 2.75) is 57.7 Å². The fourth-order valence-corrected chi connectivity index (χ4v) is 2.99. The van der Waals surface area contributed by atoms with Gasteiger partial charge in [0, 0.05) is 7.11 Å². The summed E-state index contributed by atoms with van der Waals surface area (Å²) in [7, 11) is 1.62. The summed E-state index contributed by atoms with van der Waals surface area (Å²) in [5.74, 6) is 0.356. The highest BCUT2D eigenvalue weighted by molar-refractivity contribution is 5.97. The highest BCUT2D eigenvalue weighted by atomic mass is 16.5. The number of hydrogen-bond donors (Lipinski definition) is 1. The molecule has 0 aromatic carbocycles. The fourth-order valence-electron chi connectivity index (χ4n) is 2.99. The Kier molecular flexibility index (Phi) is 3.85. The molecule has 2 fully saturated rings. The monoisotopic (exact) mass is 268 g/mol. The third kappa shape index (κ3) is 2.61. The number of carbonyl (C=O) groups is 2. The zero-order valence-electron chi connectivity index (χ0n) is 12.2. The van der Waals surface area contributed by atoms with Gasteiger partial charge in [0.25, 0.3) is 0 Å². The summed E-state index contributed by atoms with van der Waals surface area (Å²) in [6.07, 6.45) is 2.69. The lowest BCUT2D eigenvalue weighted by molar-refractivity contribution is -0.159. The lowest BCUT2D eigenvalue weighted by Gasteiger charge is -2.47. The third-order valence-electron chi connectivity index (χ3n) is 4.05. The van der Waals surface area contributed by atoms with E-state index in [4.69, 9.17) is 4.74 Å². The molecule has 2 atom stereocenters. The number of nitrogens with one attached hydrogen (secondary N) is 1. The maximum absolute atomic E-state index is 12.7. The van der Waals surface area contributed by atoms with E-state index in [0.29, 0.717) is 18.9 Å². The van der Waals surface area contributed by atoms with Crippen molar-refractivity contribution in [3.05, 3.63) is 0 Å². The molecule has 19 heavy (non-hydrogen) atoms. The van der Waals surface area contributed by atoms with Crippen LogP contribution in [-0.2, 0) is 14.3 Å². The van der Waals surface area contributed by atoms with E-state index in [2.05, 4.69) is 5.32 Å². The quantitative estimate of drug-likeness (QED) is 0.807. The first kappa shape index (κ1) is 14.3. The van der Waals surface area contributed by atoms with E-state index in [9.17, 15) is 9.59 Å². The van der Waals surface area contributed by atoms with E-state index in [1.54, 1.807) is 12.0 Å². The number of ether oxygens (including phenoxy) is 1. The van der Waals surface area contributed by atoms with E-state index in [1.807, 2.05) is 20.8 Å². The topological polar surface area (TPSA) is 58.6 Å². The van der Waals surface area contributed by atoms with E-state index >= 15 is 0 Å². The number of rotatable bonds is 5. The van der Waals surface area contributed by atoms with Crippen LogP contribution in [0.3, 0.4) is 0 Å². The molecular formula is C14H24N2O3. The first-order valence-corrected chi connectivity index (χ1v) is 7.05. The Morgan fingerprint density at radius 1 is 1.37 bits per heavy atom. The van der Waals surface area contributed by atoms with Crippen LogP contribution in [-0.4, -0.2) is 48.1 Å². The van der Waals surface area contributed by atoms with Gasteiger partial charge < -0.3 is 15.0 Å². The van der Waals surface area contributed by atoms with Gasteiger partial charge in [0.2, 0.25) is 11.8 Å². The van der Waals surface area contributed by atoms with Gasteiger partial charge in [-0.2, -0.15) is 0 Å². The largest absolute Gasteiger partial charge is 0.382 e. The van der Waals surface area contributed by atoms with Crippen molar-refractivity contribution in [3.8, 4) is 0 Å². The van der Waals surface area contributed by atoms with Crippen LogP contribution >= 0.6 is 0 Å². The molecule has 5 heteroatoms. The second-order valence-electron chi connectivity index (χ2n) is 6.20. The van der Waals surface area contributed by atoms with Crippen LogP contribution in [0, 0.1) is 5.92 Å². The summed E-state index contributed by atoms with van der Waals surface area (Å²) < 4.78 is 5.22. The first-order valence-electron chi connectivity index (χ1n) is 7.05. The summed E-state index contributed by atoms with van der Waals surface area (Å²) in [6.45, 7) is 6.28. The van der Waals surface area contributed by atoms with Gasteiger partial charge in [0.15, 0.2) is 0 Å². The van der Waals surface area contributed by atoms with Crippen molar-refractivity contribution in [2.75, 3.05) is 13.7 Å². The number of nitrogens with zero attached hydrogens (tertiary/aromatic N) is 1. The Labute approximate surface area is 114 Å². The number of hydrogen-bond acceptors (Lipinski definition) is 3. The number of carbonyl (C=O) groups excluding carboxylic acids is 2. The maximum atomic E-state index is 12.7. The molecule has 0 spiro atoms. The van der Waals surface area contributed by atoms with E-state index in [0.717, 1.165) is 12.8 Å². The fraction of sp³-hybridized carbons (Fsp3) is 0.857. The highest BCUT2D eigenvalue weighted by Gasteiger charge is 2.50. The number of methoxy groups -OCH3 is 1. The average molecular weight is 268 g/mol. The molecular weight excluding hydrogens is 244 g/mol. The Balaban J connectivity index is 2.27. The van der Waals surface area contributed by atoms with Crippen LogP contribution in [0.1, 0.15) is 40.0 Å². The molecule has 1 aliphatic carbocycles. The molecule has 1 heterocycles. The third-order valence-corrected chi connectivity index (χ3v) is 4.05. The minimum atomic E-state index is -0.461. The molecule has 2 aliphatic rings. The first-order chi connectivity index (χ1) is 8.92. The van der Waals surface area contributed by atoms with Crippen LogP contribution in [0.2, 0.25) is 0 Å². The summed E-state index contributed by atoms with van der Waals surface area (Å²) in [6, 6.07) is -0.709. The molecule has 2 amide bonds. The Hall–Kier alpha value is -1.10. The molecule has 1 aliphatic heterocycles. The molecule has 0 aromatic heterocycles. The lowest BCUT2D eigenvalue weighted by atomic mass is 9.93. The van der Waals surface area contributed by atoms with Crippen LogP contribution in [0.25, 0.3) is 0 Å². The number of piperazine rings is 1. The molecule has 1 saturated heterocycles. The maximum Gasteiger partial charge on any atom is 0.246 e. The highest BCUT2D eigenvalue weighted by Crippen LogP contribution is 2.37. The smallest absolute Gasteiger partial charge is 0.246 e. The molecule has 5 nitrogen and oxygen atoms in total. The van der Waals surface area contributed by atoms with Crippen LogP contribution in [0.15, 0.2) is 0 Å². The SMILES string of the molecule is CCC1C(=O)NC(C2CC2)C(=O)N1C(C)(C)COC. The zero-order valence-corrected chi connectivity index (χ0v) is 12.2. The Morgan fingerprint density at radius 2 is 2.00 bits per heavy atom. The average Bonchev–Trinajstić information content (AvgIpc) is 3.14.